The van der Waals surface area contributed by atoms with E-state index in [0.717, 1.165) is 23.2 Å². The first-order valence-corrected chi connectivity index (χ1v) is 12.4. The molecule has 0 amide bonds. The molecule has 0 radical (unpaired) electrons. The number of halogens is 1. The van der Waals surface area contributed by atoms with Crippen LogP contribution in [-0.2, 0) is 7.05 Å². The summed E-state index contributed by atoms with van der Waals surface area (Å²) in [5, 5.41) is 23.3. The Balaban J connectivity index is 1.25. The quantitative estimate of drug-likeness (QED) is 0.545. The Morgan fingerprint density at radius 2 is 1.80 bits per heavy atom. The summed E-state index contributed by atoms with van der Waals surface area (Å²) in [4.78, 5) is 18.9. The van der Waals surface area contributed by atoms with Gasteiger partial charge in [0.1, 0.15) is 5.75 Å². The number of anilines is 1. The largest absolute Gasteiger partial charge is 0.507 e. The minimum atomic E-state index is -0.642. The molecular weight excluding hydrogens is 447 g/mol. The monoisotopic (exact) mass is 476 g/mol. The number of piperidine rings is 2. The summed E-state index contributed by atoms with van der Waals surface area (Å²) in [6.45, 7) is 0. The van der Waals surface area contributed by atoms with Gasteiger partial charge in [0.2, 0.25) is 0 Å². The number of fused-ring (bicyclic) bond motifs is 2. The van der Waals surface area contributed by atoms with Crippen LogP contribution in [0.2, 0.25) is 0 Å². The highest BCUT2D eigenvalue weighted by molar-refractivity contribution is 5.72. The fraction of sp³-hybridized carbons (Fsp3) is 0.462. The zero-order valence-corrected chi connectivity index (χ0v) is 19.7. The van der Waals surface area contributed by atoms with Gasteiger partial charge in [-0.3, -0.25) is 9.36 Å². The summed E-state index contributed by atoms with van der Waals surface area (Å²) in [5.41, 5.74) is 0.910. The van der Waals surface area contributed by atoms with Crippen LogP contribution in [0.4, 0.5) is 10.2 Å². The Labute approximate surface area is 202 Å². The smallest absolute Gasteiger partial charge is 0.253 e. The molecule has 2 N–H and O–H groups in total. The number of aromatic hydroxyl groups is 1. The molecule has 1 aromatic carbocycles. The lowest BCUT2D eigenvalue weighted by Crippen LogP contribution is -2.55. The standard InChI is InChI=1S/C26H29FN6O2/c1-32-23(27)10-16(11-25(32)35)15-5-8-21(22(34)9-15)26-28-14-24(30-31-26)33(19-6-7-19)20-12-17-3-2-4-18(13-20)29-17/h5,8-11,14,17-20,29,34H,2-4,6-7,12-13H2,1H3/t17-,18+,20?. The van der Waals surface area contributed by atoms with Gasteiger partial charge in [-0.05, 0) is 67.9 Å². The van der Waals surface area contributed by atoms with Crippen molar-refractivity contribution >= 4 is 5.82 Å². The number of pyridine rings is 1. The van der Waals surface area contributed by atoms with Crippen LogP contribution in [0.3, 0.4) is 0 Å². The molecule has 9 heteroatoms. The molecule has 8 nitrogen and oxygen atoms in total. The fourth-order valence-electron chi connectivity index (χ4n) is 5.67. The maximum atomic E-state index is 14.0. The third-order valence-electron chi connectivity index (χ3n) is 7.61. The van der Waals surface area contributed by atoms with Crippen LogP contribution in [0.25, 0.3) is 22.5 Å². The lowest BCUT2D eigenvalue weighted by molar-refractivity contribution is 0.215. The number of benzene rings is 1. The number of rotatable bonds is 5. The zero-order chi connectivity index (χ0) is 24.1. The van der Waals surface area contributed by atoms with Gasteiger partial charge in [0, 0.05) is 37.3 Å². The Morgan fingerprint density at radius 3 is 2.43 bits per heavy atom. The average molecular weight is 477 g/mol. The first kappa shape index (κ1) is 22.2. The summed E-state index contributed by atoms with van der Waals surface area (Å²) in [7, 11) is 1.37. The number of nitrogens with zero attached hydrogens (tertiary/aromatic N) is 5. The summed E-state index contributed by atoms with van der Waals surface area (Å²) in [6, 6.07) is 9.61. The van der Waals surface area contributed by atoms with Crippen molar-refractivity contribution < 1.29 is 9.50 Å². The molecule has 2 saturated heterocycles. The minimum absolute atomic E-state index is 0.0524. The van der Waals surface area contributed by atoms with Crippen molar-refractivity contribution in [3.8, 4) is 28.3 Å². The van der Waals surface area contributed by atoms with Crippen molar-refractivity contribution in [1.82, 2.24) is 25.1 Å². The third kappa shape index (κ3) is 4.29. The van der Waals surface area contributed by atoms with Gasteiger partial charge in [-0.2, -0.15) is 4.39 Å². The number of hydrogen-bond donors (Lipinski definition) is 2. The molecule has 3 aromatic rings. The molecule has 182 valence electrons. The van der Waals surface area contributed by atoms with Gasteiger partial charge in [-0.1, -0.05) is 12.5 Å². The molecule has 6 rings (SSSR count). The molecule has 2 aliphatic heterocycles. The first-order chi connectivity index (χ1) is 17.0. The molecule has 2 aromatic heterocycles. The maximum Gasteiger partial charge on any atom is 0.253 e. The average Bonchev–Trinajstić information content (AvgIpc) is 3.68. The topological polar surface area (TPSA) is 96.2 Å². The predicted molar refractivity (Wildman–Crippen MR) is 131 cm³/mol. The molecule has 1 aliphatic carbocycles. The lowest BCUT2D eigenvalue weighted by Gasteiger charge is -2.45. The molecule has 3 aliphatic rings. The van der Waals surface area contributed by atoms with Crippen LogP contribution in [0.5, 0.6) is 5.75 Å². The van der Waals surface area contributed by atoms with E-state index in [1.807, 2.05) is 0 Å². The van der Waals surface area contributed by atoms with Gasteiger partial charge in [0.15, 0.2) is 17.6 Å². The van der Waals surface area contributed by atoms with Crippen LogP contribution >= 0.6 is 0 Å². The summed E-state index contributed by atoms with van der Waals surface area (Å²) < 4.78 is 14.9. The van der Waals surface area contributed by atoms with Crippen LogP contribution in [0.1, 0.15) is 44.9 Å². The van der Waals surface area contributed by atoms with Crippen molar-refractivity contribution in [2.24, 2.45) is 7.05 Å². The second kappa shape index (κ2) is 8.71. The van der Waals surface area contributed by atoms with Crippen LogP contribution in [0, 0.1) is 5.95 Å². The second-order valence-electron chi connectivity index (χ2n) is 10.1. The van der Waals surface area contributed by atoms with E-state index in [4.69, 9.17) is 0 Å². The molecule has 35 heavy (non-hydrogen) atoms. The molecule has 1 saturated carbocycles. The SMILES string of the molecule is Cn1c(F)cc(-c2ccc(-c3ncc(N(C4CC4)C4C[C@H]5CCC[C@@H](C4)N5)nn3)c(O)c2)cc1=O. The van der Waals surface area contributed by atoms with Gasteiger partial charge in [0.25, 0.3) is 5.56 Å². The van der Waals surface area contributed by atoms with Gasteiger partial charge in [-0.15, -0.1) is 10.2 Å². The normalized spacial score (nSPS) is 23.8. The summed E-state index contributed by atoms with van der Waals surface area (Å²) in [5.74, 6) is 0.430. The van der Waals surface area contributed by atoms with E-state index in [0.29, 0.717) is 46.7 Å². The Morgan fingerprint density at radius 1 is 1.03 bits per heavy atom. The zero-order valence-electron chi connectivity index (χ0n) is 19.7. The Bertz CT molecular complexity index is 1290. The van der Waals surface area contributed by atoms with E-state index in [2.05, 4.69) is 25.4 Å². The van der Waals surface area contributed by atoms with E-state index in [9.17, 15) is 14.3 Å². The Kier molecular flexibility index (Phi) is 5.51. The molecule has 0 spiro atoms. The predicted octanol–water partition coefficient (Wildman–Crippen LogP) is 3.39. The first-order valence-electron chi connectivity index (χ1n) is 12.4. The van der Waals surface area contributed by atoms with E-state index >= 15 is 0 Å². The molecule has 2 bridgehead atoms. The third-order valence-corrected chi connectivity index (χ3v) is 7.61. The van der Waals surface area contributed by atoms with Crippen LogP contribution < -0.4 is 15.8 Å². The number of nitrogens with one attached hydrogen (secondary N) is 1. The van der Waals surface area contributed by atoms with Gasteiger partial charge in [0.05, 0.1) is 11.8 Å². The molecular formula is C26H29FN6O2. The highest BCUT2D eigenvalue weighted by Crippen LogP contribution is 2.38. The van der Waals surface area contributed by atoms with Crippen LogP contribution in [-0.4, -0.2) is 49.0 Å². The molecule has 1 unspecified atom stereocenters. The molecule has 3 atom stereocenters. The highest BCUT2D eigenvalue weighted by atomic mass is 19.1. The highest BCUT2D eigenvalue weighted by Gasteiger charge is 2.40. The summed E-state index contributed by atoms with van der Waals surface area (Å²) in [6.07, 6.45) is 10.2. The van der Waals surface area contributed by atoms with E-state index < -0.39 is 11.5 Å². The van der Waals surface area contributed by atoms with E-state index in [-0.39, 0.29) is 5.75 Å². The number of aromatic nitrogens is 4. The maximum absolute atomic E-state index is 14.0. The molecule has 4 heterocycles. The van der Waals surface area contributed by atoms with Crippen molar-refractivity contribution in [2.45, 2.75) is 69.1 Å². The van der Waals surface area contributed by atoms with Gasteiger partial charge >= 0.3 is 0 Å². The number of phenolic OH excluding ortho intramolecular Hbond substituents is 1. The molecule has 3 fully saturated rings. The Hall–Kier alpha value is -3.33. The van der Waals surface area contributed by atoms with Gasteiger partial charge in [-0.25, -0.2) is 4.98 Å². The number of hydrogen-bond acceptors (Lipinski definition) is 7. The van der Waals surface area contributed by atoms with E-state index in [1.165, 1.54) is 57.4 Å². The lowest BCUT2D eigenvalue weighted by atomic mass is 9.83. The van der Waals surface area contributed by atoms with Crippen molar-refractivity contribution in [2.75, 3.05) is 4.90 Å². The number of phenols is 1. The van der Waals surface area contributed by atoms with Crippen molar-refractivity contribution in [3.05, 3.63) is 52.8 Å². The second-order valence-corrected chi connectivity index (χ2v) is 10.1. The van der Waals surface area contributed by atoms with Crippen LogP contribution in [0.15, 0.2) is 41.3 Å². The van der Waals surface area contributed by atoms with Crippen molar-refractivity contribution in [1.29, 1.82) is 0 Å². The fourth-order valence-corrected chi connectivity index (χ4v) is 5.67. The van der Waals surface area contributed by atoms with Gasteiger partial charge < -0.3 is 15.3 Å². The van der Waals surface area contributed by atoms with Crippen molar-refractivity contribution in [3.63, 3.8) is 0 Å². The summed E-state index contributed by atoms with van der Waals surface area (Å²) >= 11 is 0. The minimum Gasteiger partial charge on any atom is -0.507 e. The van der Waals surface area contributed by atoms with E-state index in [1.54, 1.807) is 18.3 Å².